The highest BCUT2D eigenvalue weighted by atomic mass is 16.5. The minimum absolute atomic E-state index is 0.213. The van der Waals surface area contributed by atoms with Gasteiger partial charge in [0, 0.05) is 10.9 Å². The maximum Gasteiger partial charge on any atom is 0.134 e. The highest BCUT2D eigenvalue weighted by molar-refractivity contribution is 5.82. The molecule has 0 spiro atoms. The van der Waals surface area contributed by atoms with Gasteiger partial charge in [0.2, 0.25) is 0 Å². The second-order valence-electron chi connectivity index (χ2n) is 4.41. The maximum absolute atomic E-state index is 9.52. The van der Waals surface area contributed by atoms with Crippen LogP contribution in [0.4, 0.5) is 0 Å². The molecule has 1 N–H and O–H groups in total. The summed E-state index contributed by atoms with van der Waals surface area (Å²) < 4.78 is 16.2. The second kappa shape index (κ2) is 5.17. The first-order valence-electron chi connectivity index (χ1n) is 6.22. The smallest absolute Gasteiger partial charge is 0.134 e. The molecule has 4 nitrogen and oxygen atoms in total. The number of furan rings is 1. The van der Waals surface area contributed by atoms with Gasteiger partial charge >= 0.3 is 0 Å². The number of phenols is 1. The van der Waals surface area contributed by atoms with Crippen LogP contribution in [0, 0.1) is 0 Å². The van der Waals surface area contributed by atoms with Crippen molar-refractivity contribution < 1.29 is 19.0 Å². The lowest BCUT2D eigenvalue weighted by Gasteiger charge is -2.06. The van der Waals surface area contributed by atoms with E-state index in [1.54, 1.807) is 31.6 Å². The lowest BCUT2D eigenvalue weighted by molar-refractivity contribution is 0.305. The summed E-state index contributed by atoms with van der Waals surface area (Å²) in [6.45, 7) is 0.378. The van der Waals surface area contributed by atoms with Crippen LogP contribution < -0.4 is 9.47 Å². The summed E-state index contributed by atoms with van der Waals surface area (Å²) in [7, 11) is 1.62. The monoisotopic (exact) mass is 270 g/mol. The highest BCUT2D eigenvalue weighted by Gasteiger charge is 2.07. The van der Waals surface area contributed by atoms with Gasteiger partial charge in [-0.25, -0.2) is 0 Å². The molecule has 0 saturated carbocycles. The summed E-state index contributed by atoms with van der Waals surface area (Å²) >= 11 is 0. The van der Waals surface area contributed by atoms with Gasteiger partial charge < -0.3 is 19.0 Å². The Morgan fingerprint density at radius 3 is 2.55 bits per heavy atom. The van der Waals surface area contributed by atoms with Crippen molar-refractivity contribution in [3.05, 3.63) is 54.3 Å². The molecule has 0 aliphatic carbocycles. The quantitative estimate of drug-likeness (QED) is 0.785. The number of hydrogen-bond donors (Lipinski definition) is 1. The molecule has 0 bridgehead atoms. The van der Waals surface area contributed by atoms with E-state index in [2.05, 4.69) is 0 Å². The Morgan fingerprint density at radius 2 is 1.80 bits per heavy atom. The molecule has 3 aromatic rings. The average molecular weight is 270 g/mol. The predicted molar refractivity (Wildman–Crippen MR) is 75.2 cm³/mol. The number of methoxy groups -OCH3 is 1. The summed E-state index contributed by atoms with van der Waals surface area (Å²) in [5.74, 6) is 1.75. The van der Waals surface area contributed by atoms with Gasteiger partial charge in [-0.15, -0.1) is 0 Å². The van der Waals surface area contributed by atoms with Crippen molar-refractivity contribution in [2.75, 3.05) is 7.11 Å². The molecule has 0 aliphatic heterocycles. The molecule has 1 aromatic heterocycles. The third kappa shape index (κ3) is 2.40. The third-order valence-electron chi connectivity index (χ3n) is 3.09. The lowest BCUT2D eigenvalue weighted by Crippen LogP contribution is -1.94. The average Bonchev–Trinajstić information content (AvgIpc) is 2.88. The van der Waals surface area contributed by atoms with Crippen molar-refractivity contribution in [2.24, 2.45) is 0 Å². The first-order valence-corrected chi connectivity index (χ1v) is 6.22. The zero-order chi connectivity index (χ0) is 13.9. The SMILES string of the molecule is COc1ccc(OCc2coc3ccc(O)cc23)cc1. The molecule has 0 aliphatic rings. The van der Waals surface area contributed by atoms with Crippen LogP contribution in [-0.4, -0.2) is 12.2 Å². The van der Waals surface area contributed by atoms with E-state index in [-0.39, 0.29) is 5.75 Å². The van der Waals surface area contributed by atoms with Gasteiger partial charge in [0.25, 0.3) is 0 Å². The molecular weight excluding hydrogens is 256 g/mol. The molecule has 0 fully saturated rings. The molecule has 1 heterocycles. The molecule has 3 rings (SSSR count). The molecule has 20 heavy (non-hydrogen) atoms. The van der Waals surface area contributed by atoms with Gasteiger partial charge in [-0.1, -0.05) is 0 Å². The van der Waals surface area contributed by atoms with Crippen molar-refractivity contribution in [3.8, 4) is 17.2 Å². The zero-order valence-corrected chi connectivity index (χ0v) is 11.0. The maximum atomic E-state index is 9.52. The van der Waals surface area contributed by atoms with Crippen LogP contribution in [0.25, 0.3) is 11.0 Å². The number of rotatable bonds is 4. The fraction of sp³-hybridized carbons (Fsp3) is 0.125. The Hall–Kier alpha value is -2.62. The summed E-state index contributed by atoms with van der Waals surface area (Å²) in [6.07, 6.45) is 1.65. The fourth-order valence-corrected chi connectivity index (χ4v) is 2.01. The van der Waals surface area contributed by atoms with Crippen molar-refractivity contribution in [3.63, 3.8) is 0 Å². The zero-order valence-electron chi connectivity index (χ0n) is 11.0. The number of ether oxygens (including phenoxy) is 2. The number of fused-ring (bicyclic) bond motifs is 1. The van der Waals surface area contributed by atoms with E-state index >= 15 is 0 Å². The molecule has 0 amide bonds. The predicted octanol–water partition coefficient (Wildman–Crippen LogP) is 3.73. The number of phenolic OH excluding ortho intramolecular Hbond substituents is 1. The summed E-state index contributed by atoms with van der Waals surface area (Å²) in [5.41, 5.74) is 1.63. The standard InChI is InChI=1S/C16H14O4/c1-18-13-3-5-14(6-4-13)19-9-11-10-20-16-7-2-12(17)8-15(11)16/h2-8,10,17H,9H2,1H3. The van der Waals surface area contributed by atoms with Gasteiger partial charge in [-0.05, 0) is 42.5 Å². The second-order valence-corrected chi connectivity index (χ2v) is 4.41. The van der Waals surface area contributed by atoms with Gasteiger partial charge in [0.1, 0.15) is 29.4 Å². The van der Waals surface area contributed by atoms with Crippen LogP contribution in [0.2, 0.25) is 0 Å². The van der Waals surface area contributed by atoms with E-state index in [0.717, 1.165) is 28.0 Å². The minimum atomic E-state index is 0.213. The van der Waals surface area contributed by atoms with E-state index in [9.17, 15) is 5.11 Å². The topological polar surface area (TPSA) is 51.8 Å². The van der Waals surface area contributed by atoms with Crippen LogP contribution in [-0.2, 0) is 6.61 Å². The van der Waals surface area contributed by atoms with E-state index in [1.807, 2.05) is 24.3 Å². The summed E-state index contributed by atoms with van der Waals surface area (Å²) in [6, 6.07) is 12.4. The van der Waals surface area contributed by atoms with Gasteiger partial charge in [0.15, 0.2) is 0 Å². The number of aromatic hydroxyl groups is 1. The first kappa shape index (κ1) is 12.4. The van der Waals surface area contributed by atoms with E-state index in [4.69, 9.17) is 13.9 Å². The highest BCUT2D eigenvalue weighted by Crippen LogP contribution is 2.26. The van der Waals surface area contributed by atoms with Gasteiger partial charge in [0.05, 0.1) is 13.4 Å². The molecule has 0 atom stereocenters. The molecule has 0 unspecified atom stereocenters. The van der Waals surface area contributed by atoms with Gasteiger partial charge in [-0.3, -0.25) is 0 Å². The summed E-state index contributed by atoms with van der Waals surface area (Å²) in [4.78, 5) is 0. The number of benzene rings is 2. The van der Waals surface area contributed by atoms with Crippen LogP contribution >= 0.6 is 0 Å². The summed E-state index contributed by atoms with van der Waals surface area (Å²) in [5, 5.41) is 10.4. The largest absolute Gasteiger partial charge is 0.508 e. The Kier molecular flexibility index (Phi) is 3.21. The Balaban J connectivity index is 1.77. The molecule has 102 valence electrons. The Labute approximate surface area is 116 Å². The van der Waals surface area contributed by atoms with Gasteiger partial charge in [-0.2, -0.15) is 0 Å². The fourth-order valence-electron chi connectivity index (χ4n) is 2.01. The Bertz CT molecular complexity index is 713. The van der Waals surface area contributed by atoms with Crippen LogP contribution in [0.15, 0.2) is 53.1 Å². The molecule has 0 saturated heterocycles. The number of hydrogen-bond acceptors (Lipinski definition) is 4. The molecule has 0 radical (unpaired) electrons. The third-order valence-corrected chi connectivity index (χ3v) is 3.09. The van der Waals surface area contributed by atoms with Crippen molar-refractivity contribution in [2.45, 2.75) is 6.61 Å². The van der Waals surface area contributed by atoms with Crippen molar-refractivity contribution >= 4 is 11.0 Å². The Morgan fingerprint density at radius 1 is 1.05 bits per heavy atom. The minimum Gasteiger partial charge on any atom is -0.508 e. The molecule has 2 aromatic carbocycles. The van der Waals surface area contributed by atoms with Crippen LogP contribution in [0.5, 0.6) is 17.2 Å². The van der Waals surface area contributed by atoms with Crippen LogP contribution in [0.1, 0.15) is 5.56 Å². The normalized spacial score (nSPS) is 10.7. The first-order chi connectivity index (χ1) is 9.76. The van der Waals surface area contributed by atoms with Crippen LogP contribution in [0.3, 0.4) is 0 Å². The van der Waals surface area contributed by atoms with Crippen molar-refractivity contribution in [1.29, 1.82) is 0 Å². The van der Waals surface area contributed by atoms with E-state index in [1.165, 1.54) is 0 Å². The molecule has 4 heteroatoms. The van der Waals surface area contributed by atoms with Crippen molar-refractivity contribution in [1.82, 2.24) is 0 Å². The van der Waals surface area contributed by atoms with E-state index in [0.29, 0.717) is 6.61 Å². The molecular formula is C16H14O4. The lowest BCUT2D eigenvalue weighted by atomic mass is 10.2. The van der Waals surface area contributed by atoms with E-state index < -0.39 is 0 Å².